The molecule has 0 aliphatic carbocycles. The van der Waals surface area contributed by atoms with Crippen molar-refractivity contribution in [3.05, 3.63) is 29.6 Å². The molecular formula is C18H28FNO3. The van der Waals surface area contributed by atoms with Crippen LogP contribution in [0.2, 0.25) is 0 Å². The molecule has 5 heteroatoms. The van der Waals surface area contributed by atoms with Gasteiger partial charge in [0, 0.05) is 26.2 Å². The Labute approximate surface area is 138 Å². The van der Waals surface area contributed by atoms with E-state index in [0.717, 1.165) is 32.2 Å². The molecular weight excluding hydrogens is 297 g/mol. The van der Waals surface area contributed by atoms with Gasteiger partial charge in [-0.3, -0.25) is 0 Å². The highest BCUT2D eigenvalue weighted by atomic mass is 19.1. The second-order valence-electron chi connectivity index (χ2n) is 6.23. The van der Waals surface area contributed by atoms with Crippen molar-refractivity contribution >= 4 is 0 Å². The summed E-state index contributed by atoms with van der Waals surface area (Å²) in [6.45, 7) is 2.29. The van der Waals surface area contributed by atoms with Crippen molar-refractivity contribution in [2.45, 2.75) is 37.7 Å². The van der Waals surface area contributed by atoms with Crippen LogP contribution in [0.3, 0.4) is 0 Å². The third-order valence-electron chi connectivity index (χ3n) is 4.76. The Balaban J connectivity index is 2.32. The zero-order chi connectivity index (χ0) is 16.7. The van der Waals surface area contributed by atoms with E-state index in [1.165, 1.54) is 13.2 Å². The summed E-state index contributed by atoms with van der Waals surface area (Å²) >= 11 is 0. The number of piperidine rings is 1. The lowest BCUT2D eigenvalue weighted by atomic mass is 9.74. The molecule has 1 aromatic carbocycles. The Hall–Kier alpha value is -1.17. The summed E-state index contributed by atoms with van der Waals surface area (Å²) in [5.41, 5.74) is -0.925. The molecule has 1 aliphatic heterocycles. The molecule has 1 aliphatic rings. The van der Waals surface area contributed by atoms with Crippen LogP contribution in [0.15, 0.2) is 18.2 Å². The fraction of sp³-hybridized carbons (Fsp3) is 0.667. The summed E-state index contributed by atoms with van der Waals surface area (Å²) in [4.78, 5) is 0. The number of nitrogens with one attached hydrogen (secondary N) is 1. The molecule has 130 valence electrons. The predicted octanol–water partition coefficient (Wildman–Crippen LogP) is 2.84. The first-order valence-corrected chi connectivity index (χ1v) is 8.38. The highest BCUT2D eigenvalue weighted by Crippen LogP contribution is 2.43. The van der Waals surface area contributed by atoms with Crippen LogP contribution in [-0.4, -0.2) is 39.0 Å². The molecule has 23 heavy (non-hydrogen) atoms. The van der Waals surface area contributed by atoms with Gasteiger partial charge in [0.1, 0.15) is 17.2 Å². The van der Waals surface area contributed by atoms with Gasteiger partial charge in [-0.1, -0.05) is 6.07 Å². The van der Waals surface area contributed by atoms with E-state index in [2.05, 4.69) is 5.32 Å². The molecule has 1 aromatic rings. The Kier molecular flexibility index (Phi) is 6.81. The number of hydrogen-bond acceptors (Lipinski definition) is 4. The number of unbranched alkanes of at least 4 members (excludes halogenated alkanes) is 1. The van der Waals surface area contributed by atoms with Gasteiger partial charge < -0.3 is 19.9 Å². The minimum absolute atomic E-state index is 0.0235. The molecule has 2 atom stereocenters. The second kappa shape index (κ2) is 8.62. The molecule has 1 fully saturated rings. The molecule has 0 aromatic heterocycles. The van der Waals surface area contributed by atoms with Crippen LogP contribution in [0.25, 0.3) is 0 Å². The zero-order valence-electron chi connectivity index (χ0n) is 14.1. The summed E-state index contributed by atoms with van der Waals surface area (Å²) in [5, 5.41) is 14.8. The average Bonchev–Trinajstić information content (AvgIpc) is 2.59. The SMILES string of the molecule is COCCCCC(O)(c1c(F)cccc1OC)[C@@H]1CCCNC1. The Morgan fingerprint density at radius 3 is 2.83 bits per heavy atom. The Morgan fingerprint density at radius 1 is 1.35 bits per heavy atom. The van der Waals surface area contributed by atoms with Gasteiger partial charge in [-0.2, -0.15) is 0 Å². The lowest BCUT2D eigenvalue weighted by molar-refractivity contribution is -0.0476. The summed E-state index contributed by atoms with van der Waals surface area (Å²) in [7, 11) is 3.18. The van der Waals surface area contributed by atoms with Crippen molar-refractivity contribution in [3.8, 4) is 5.75 Å². The van der Waals surface area contributed by atoms with Crippen LogP contribution in [0, 0.1) is 11.7 Å². The third kappa shape index (κ3) is 4.22. The van der Waals surface area contributed by atoms with E-state index >= 15 is 0 Å². The topological polar surface area (TPSA) is 50.7 Å². The number of aliphatic hydroxyl groups is 1. The number of rotatable bonds is 8. The molecule has 0 amide bonds. The second-order valence-corrected chi connectivity index (χ2v) is 6.23. The molecule has 0 spiro atoms. The number of hydrogen-bond donors (Lipinski definition) is 2. The highest BCUT2D eigenvalue weighted by molar-refractivity contribution is 5.40. The van der Waals surface area contributed by atoms with E-state index in [4.69, 9.17) is 9.47 Å². The van der Waals surface area contributed by atoms with Crippen LogP contribution in [0.5, 0.6) is 5.75 Å². The largest absolute Gasteiger partial charge is 0.496 e. The fourth-order valence-corrected chi connectivity index (χ4v) is 3.53. The van der Waals surface area contributed by atoms with Crippen molar-refractivity contribution < 1.29 is 19.0 Å². The lowest BCUT2D eigenvalue weighted by Gasteiger charge is -2.40. The molecule has 0 saturated carbocycles. The number of ether oxygens (including phenoxy) is 2. The van der Waals surface area contributed by atoms with Gasteiger partial charge in [-0.25, -0.2) is 4.39 Å². The maximum absolute atomic E-state index is 14.6. The molecule has 4 nitrogen and oxygen atoms in total. The molecule has 1 saturated heterocycles. The van der Waals surface area contributed by atoms with Gasteiger partial charge in [-0.15, -0.1) is 0 Å². The fourth-order valence-electron chi connectivity index (χ4n) is 3.53. The number of benzene rings is 1. The molecule has 1 heterocycles. The standard InChI is InChI=1S/C18H28FNO3/c1-22-12-4-3-10-18(21,14-7-6-11-20-13-14)17-15(19)8-5-9-16(17)23-2/h5,8-9,14,20-21H,3-4,6-7,10-13H2,1-2H3/t14-,18?/m1/s1. The summed E-state index contributed by atoms with van der Waals surface area (Å²) in [6.07, 6.45) is 3.99. The van der Waals surface area contributed by atoms with Crippen molar-refractivity contribution in [1.82, 2.24) is 5.32 Å². The van der Waals surface area contributed by atoms with Crippen LogP contribution >= 0.6 is 0 Å². The van der Waals surface area contributed by atoms with E-state index < -0.39 is 11.4 Å². The maximum Gasteiger partial charge on any atom is 0.133 e. The number of halogens is 1. The first-order chi connectivity index (χ1) is 11.1. The maximum atomic E-state index is 14.6. The van der Waals surface area contributed by atoms with Crippen LogP contribution in [-0.2, 0) is 10.3 Å². The van der Waals surface area contributed by atoms with E-state index in [1.54, 1.807) is 19.2 Å². The Bertz CT molecular complexity index is 491. The minimum Gasteiger partial charge on any atom is -0.496 e. The minimum atomic E-state index is -1.22. The molecule has 0 bridgehead atoms. The van der Waals surface area contributed by atoms with Crippen LogP contribution in [0.4, 0.5) is 4.39 Å². The normalized spacial score (nSPS) is 21.0. The van der Waals surface area contributed by atoms with Crippen LogP contribution in [0.1, 0.15) is 37.7 Å². The van der Waals surface area contributed by atoms with Crippen molar-refractivity contribution in [3.63, 3.8) is 0 Å². The van der Waals surface area contributed by atoms with Gasteiger partial charge in [0.15, 0.2) is 0 Å². The predicted molar refractivity (Wildman–Crippen MR) is 88.2 cm³/mol. The van der Waals surface area contributed by atoms with E-state index in [1.807, 2.05) is 0 Å². The highest BCUT2D eigenvalue weighted by Gasteiger charge is 2.42. The quantitative estimate of drug-likeness (QED) is 0.722. The molecule has 2 rings (SSSR count). The van der Waals surface area contributed by atoms with Crippen molar-refractivity contribution in [2.75, 3.05) is 33.9 Å². The van der Waals surface area contributed by atoms with Gasteiger partial charge in [-0.05, 0) is 50.8 Å². The van der Waals surface area contributed by atoms with Crippen LogP contribution < -0.4 is 10.1 Å². The van der Waals surface area contributed by atoms with E-state index in [-0.39, 0.29) is 5.92 Å². The summed E-state index contributed by atoms with van der Waals surface area (Å²) < 4.78 is 25.0. The smallest absolute Gasteiger partial charge is 0.133 e. The first kappa shape index (κ1) is 18.2. The van der Waals surface area contributed by atoms with Crippen molar-refractivity contribution in [1.29, 1.82) is 0 Å². The zero-order valence-corrected chi connectivity index (χ0v) is 14.1. The van der Waals surface area contributed by atoms with Gasteiger partial charge in [0.25, 0.3) is 0 Å². The van der Waals surface area contributed by atoms with E-state index in [9.17, 15) is 9.50 Å². The third-order valence-corrected chi connectivity index (χ3v) is 4.76. The van der Waals surface area contributed by atoms with E-state index in [0.29, 0.717) is 30.9 Å². The molecule has 2 N–H and O–H groups in total. The summed E-state index contributed by atoms with van der Waals surface area (Å²) in [5.74, 6) is -0.00132. The van der Waals surface area contributed by atoms with Gasteiger partial charge >= 0.3 is 0 Å². The first-order valence-electron chi connectivity index (χ1n) is 8.38. The van der Waals surface area contributed by atoms with Gasteiger partial charge in [0.05, 0.1) is 12.7 Å². The number of methoxy groups -OCH3 is 2. The molecule has 1 unspecified atom stereocenters. The lowest BCUT2D eigenvalue weighted by Crippen LogP contribution is -2.45. The average molecular weight is 325 g/mol. The summed E-state index contributed by atoms with van der Waals surface area (Å²) in [6, 6.07) is 4.73. The van der Waals surface area contributed by atoms with Gasteiger partial charge in [0.2, 0.25) is 0 Å². The van der Waals surface area contributed by atoms with Crippen molar-refractivity contribution in [2.24, 2.45) is 5.92 Å². The molecule has 0 radical (unpaired) electrons. The monoisotopic (exact) mass is 325 g/mol. The Morgan fingerprint density at radius 2 is 2.17 bits per heavy atom.